The predicted molar refractivity (Wildman–Crippen MR) is 115 cm³/mol. The molecule has 0 radical (unpaired) electrons. The molecule has 28 heavy (non-hydrogen) atoms. The van der Waals surface area contributed by atoms with Gasteiger partial charge in [-0.25, -0.2) is 0 Å². The van der Waals surface area contributed by atoms with Crippen molar-refractivity contribution in [3.8, 4) is 0 Å². The third-order valence-corrected chi connectivity index (χ3v) is 5.63. The summed E-state index contributed by atoms with van der Waals surface area (Å²) in [5.41, 5.74) is 1.26. The molecule has 0 unspecified atom stereocenters. The zero-order valence-corrected chi connectivity index (χ0v) is 18.1. The first-order valence-electron chi connectivity index (χ1n) is 9.18. The van der Waals surface area contributed by atoms with Gasteiger partial charge in [0.05, 0.1) is 15.1 Å². The van der Waals surface area contributed by atoms with E-state index in [-0.39, 0.29) is 5.91 Å². The lowest BCUT2D eigenvalue weighted by molar-refractivity contribution is -0.109. The maximum Gasteiger partial charge on any atom is 0.258 e. The second-order valence-corrected chi connectivity index (χ2v) is 7.62. The van der Waals surface area contributed by atoms with E-state index in [1.807, 2.05) is 6.92 Å². The van der Waals surface area contributed by atoms with E-state index in [0.29, 0.717) is 16.4 Å². The van der Waals surface area contributed by atoms with Gasteiger partial charge in [-0.1, -0.05) is 30.2 Å². The number of nitrogens with zero attached hydrogens (tertiary/aromatic N) is 2. The van der Waals surface area contributed by atoms with E-state index in [0.717, 1.165) is 29.7 Å². The molecule has 0 saturated carbocycles. The zero-order valence-electron chi connectivity index (χ0n) is 15.8. The molecule has 1 fully saturated rings. The SMILES string of the molecule is Cc1[nH]nc(NC(=O)c2ccccc2Cl)c1Br.O=CNCCN1CCCCC1. The third kappa shape index (κ3) is 6.92. The van der Waals surface area contributed by atoms with E-state index in [9.17, 15) is 9.59 Å². The number of likely N-dealkylation sites (tertiary alicyclic amines) is 1. The Balaban J connectivity index is 0.000000221. The fourth-order valence-electron chi connectivity index (χ4n) is 2.78. The lowest BCUT2D eigenvalue weighted by Crippen LogP contribution is -2.35. The smallest absolute Gasteiger partial charge is 0.258 e. The number of rotatable bonds is 6. The van der Waals surface area contributed by atoms with Crippen LogP contribution < -0.4 is 10.6 Å². The van der Waals surface area contributed by atoms with Crippen LogP contribution in [0.2, 0.25) is 5.02 Å². The molecule has 3 rings (SSSR count). The number of amides is 2. The standard InChI is InChI=1S/C11H9BrClN3O.C8H16N2O/c1-6-9(12)10(16-15-6)14-11(17)7-4-2-3-5-8(7)13;11-8-9-4-7-10-5-2-1-3-6-10/h2-5H,1H3,(H2,14,15,16,17);8H,1-7H2,(H,9,11). The topological polar surface area (TPSA) is 90.1 Å². The number of piperidine rings is 1. The molecule has 0 spiro atoms. The average molecular weight is 471 g/mol. The normalized spacial score (nSPS) is 14.0. The number of anilines is 1. The van der Waals surface area contributed by atoms with Crippen molar-refractivity contribution >= 4 is 45.7 Å². The Kier molecular flexibility index (Phi) is 9.46. The maximum absolute atomic E-state index is 11.9. The van der Waals surface area contributed by atoms with Crippen molar-refractivity contribution in [2.45, 2.75) is 26.2 Å². The molecule has 0 atom stereocenters. The molecule has 3 N–H and O–H groups in total. The Morgan fingerprint density at radius 3 is 2.64 bits per heavy atom. The minimum atomic E-state index is -0.289. The van der Waals surface area contributed by atoms with Crippen LogP contribution in [0.15, 0.2) is 28.7 Å². The summed E-state index contributed by atoms with van der Waals surface area (Å²) in [6, 6.07) is 6.85. The van der Waals surface area contributed by atoms with Crippen molar-refractivity contribution in [1.82, 2.24) is 20.4 Å². The lowest BCUT2D eigenvalue weighted by Gasteiger charge is -2.25. The number of benzene rings is 1. The molecule has 1 aliphatic rings. The van der Waals surface area contributed by atoms with Gasteiger partial charge in [0.15, 0.2) is 5.82 Å². The van der Waals surface area contributed by atoms with E-state index in [1.54, 1.807) is 24.3 Å². The number of nitrogens with one attached hydrogen (secondary N) is 3. The summed E-state index contributed by atoms with van der Waals surface area (Å²) in [5, 5.41) is 12.5. The minimum absolute atomic E-state index is 0.289. The summed E-state index contributed by atoms with van der Waals surface area (Å²) in [7, 11) is 0. The molecule has 2 amide bonds. The van der Waals surface area contributed by atoms with Crippen molar-refractivity contribution in [2.75, 3.05) is 31.5 Å². The van der Waals surface area contributed by atoms with Gasteiger partial charge >= 0.3 is 0 Å². The molecule has 152 valence electrons. The second-order valence-electron chi connectivity index (χ2n) is 6.42. The van der Waals surface area contributed by atoms with E-state index in [1.165, 1.54) is 32.4 Å². The van der Waals surface area contributed by atoms with Gasteiger partial charge in [-0.3, -0.25) is 14.7 Å². The summed E-state index contributed by atoms with van der Waals surface area (Å²) < 4.78 is 0.734. The van der Waals surface area contributed by atoms with Crippen LogP contribution in [0.1, 0.15) is 35.3 Å². The summed E-state index contributed by atoms with van der Waals surface area (Å²) in [6.07, 6.45) is 4.78. The van der Waals surface area contributed by atoms with Crippen molar-refractivity contribution < 1.29 is 9.59 Å². The molecule has 7 nitrogen and oxygen atoms in total. The molecule has 1 saturated heterocycles. The second kappa shape index (κ2) is 11.8. The molecule has 2 heterocycles. The number of aryl methyl sites for hydroxylation is 1. The fourth-order valence-corrected chi connectivity index (χ4v) is 3.28. The Morgan fingerprint density at radius 1 is 1.32 bits per heavy atom. The monoisotopic (exact) mass is 469 g/mol. The van der Waals surface area contributed by atoms with Gasteiger partial charge in [-0.05, 0) is 60.9 Å². The molecular weight excluding hydrogens is 446 g/mol. The van der Waals surface area contributed by atoms with Gasteiger partial charge in [0.25, 0.3) is 5.91 Å². The van der Waals surface area contributed by atoms with Gasteiger partial charge in [-0.2, -0.15) is 5.10 Å². The van der Waals surface area contributed by atoms with Crippen LogP contribution in [0.5, 0.6) is 0 Å². The predicted octanol–water partition coefficient (Wildman–Crippen LogP) is 3.60. The number of carbonyl (C=O) groups is 2. The van der Waals surface area contributed by atoms with Crippen LogP contribution in [0.3, 0.4) is 0 Å². The molecule has 0 aliphatic carbocycles. The van der Waals surface area contributed by atoms with E-state index in [4.69, 9.17) is 11.6 Å². The van der Waals surface area contributed by atoms with Crippen molar-refractivity contribution in [1.29, 1.82) is 0 Å². The number of hydrogen-bond donors (Lipinski definition) is 3. The van der Waals surface area contributed by atoms with Crippen LogP contribution >= 0.6 is 27.5 Å². The van der Waals surface area contributed by atoms with Crippen molar-refractivity contribution in [3.05, 3.63) is 45.0 Å². The summed E-state index contributed by atoms with van der Waals surface area (Å²) in [5.74, 6) is 0.162. The van der Waals surface area contributed by atoms with Gasteiger partial charge in [-0.15, -0.1) is 0 Å². The van der Waals surface area contributed by atoms with Gasteiger partial charge in [0, 0.05) is 18.8 Å². The van der Waals surface area contributed by atoms with Crippen molar-refractivity contribution in [3.63, 3.8) is 0 Å². The highest BCUT2D eigenvalue weighted by molar-refractivity contribution is 9.10. The van der Waals surface area contributed by atoms with E-state index >= 15 is 0 Å². The molecule has 1 aliphatic heterocycles. The first-order chi connectivity index (χ1) is 13.5. The van der Waals surface area contributed by atoms with E-state index in [2.05, 4.69) is 41.7 Å². The zero-order chi connectivity index (χ0) is 20.4. The van der Waals surface area contributed by atoms with Gasteiger partial charge in [0.1, 0.15) is 0 Å². The van der Waals surface area contributed by atoms with Crippen LogP contribution in [0.4, 0.5) is 5.82 Å². The number of H-pyrrole nitrogens is 1. The average Bonchev–Trinajstić information content (AvgIpc) is 3.02. The number of hydrogen-bond acceptors (Lipinski definition) is 4. The lowest BCUT2D eigenvalue weighted by atomic mass is 10.1. The highest BCUT2D eigenvalue weighted by atomic mass is 79.9. The fraction of sp³-hybridized carbons (Fsp3) is 0.421. The first-order valence-corrected chi connectivity index (χ1v) is 10.4. The first kappa shape index (κ1) is 22.4. The molecule has 2 aromatic rings. The number of aromatic amines is 1. The Morgan fingerprint density at radius 2 is 2.04 bits per heavy atom. The molecule has 1 aromatic carbocycles. The number of carbonyl (C=O) groups excluding carboxylic acids is 2. The van der Waals surface area contributed by atoms with Gasteiger partial charge in [0.2, 0.25) is 6.41 Å². The third-order valence-electron chi connectivity index (χ3n) is 4.33. The van der Waals surface area contributed by atoms with Crippen LogP contribution in [0.25, 0.3) is 0 Å². The quantitative estimate of drug-likeness (QED) is 0.444. The van der Waals surface area contributed by atoms with Crippen LogP contribution in [-0.2, 0) is 4.79 Å². The highest BCUT2D eigenvalue weighted by Crippen LogP contribution is 2.24. The Bertz CT molecular complexity index is 777. The van der Waals surface area contributed by atoms with Gasteiger partial charge < -0.3 is 15.5 Å². The maximum atomic E-state index is 11.9. The van der Waals surface area contributed by atoms with Crippen LogP contribution in [-0.4, -0.2) is 53.6 Å². The summed E-state index contributed by atoms with van der Waals surface area (Å²) in [6.45, 7) is 6.07. The van der Waals surface area contributed by atoms with E-state index < -0.39 is 0 Å². The van der Waals surface area contributed by atoms with Crippen LogP contribution in [0, 0.1) is 6.92 Å². The number of aromatic nitrogens is 2. The summed E-state index contributed by atoms with van der Waals surface area (Å²) >= 11 is 9.26. The molecule has 0 bridgehead atoms. The van der Waals surface area contributed by atoms with Crippen molar-refractivity contribution in [2.24, 2.45) is 0 Å². The Hall–Kier alpha value is -1.90. The molecular formula is C19H25BrClN5O2. The highest BCUT2D eigenvalue weighted by Gasteiger charge is 2.14. The Labute approximate surface area is 178 Å². The number of halogens is 2. The molecule has 1 aromatic heterocycles. The summed E-state index contributed by atoms with van der Waals surface area (Å²) in [4.78, 5) is 24.2. The largest absolute Gasteiger partial charge is 0.357 e. The minimum Gasteiger partial charge on any atom is -0.357 e. The molecule has 9 heteroatoms.